The van der Waals surface area contributed by atoms with Crippen LogP contribution in [0.3, 0.4) is 0 Å². The first-order valence-electron chi connectivity index (χ1n) is 11.1. The zero-order chi connectivity index (χ0) is 22.8. The molecule has 0 saturated heterocycles. The molecule has 1 heterocycles. The van der Waals surface area contributed by atoms with Gasteiger partial charge in [-0.3, -0.25) is 0 Å². The van der Waals surface area contributed by atoms with Crippen LogP contribution in [0, 0.1) is 11.8 Å². The van der Waals surface area contributed by atoms with E-state index in [4.69, 9.17) is 9.47 Å². The molecule has 2 nitrogen and oxygen atoms in total. The van der Waals surface area contributed by atoms with Crippen LogP contribution in [0.1, 0.15) is 81.4 Å². The predicted molar refractivity (Wildman–Crippen MR) is 105 cm³/mol. The Balaban J connectivity index is 1.84. The Morgan fingerprint density at radius 1 is 0.935 bits per heavy atom. The summed E-state index contributed by atoms with van der Waals surface area (Å²) in [6.45, 7) is 2.16. The Morgan fingerprint density at radius 3 is 2.13 bits per heavy atom. The number of alkyl halides is 6. The SMILES string of the molecule is CCCCCC1CCC(C2CCc3cc(OC)c(C(F)(F)F)c(C(F)(F)F)c3O2)CC1. The molecule has 0 amide bonds. The van der Waals surface area contributed by atoms with Gasteiger partial charge in [0.15, 0.2) is 0 Å². The molecule has 1 fully saturated rings. The maximum Gasteiger partial charge on any atom is 0.420 e. The topological polar surface area (TPSA) is 18.5 Å². The van der Waals surface area contributed by atoms with Gasteiger partial charge in [-0.2, -0.15) is 26.3 Å². The van der Waals surface area contributed by atoms with Crippen molar-refractivity contribution in [3.8, 4) is 11.5 Å². The molecule has 3 rings (SSSR count). The maximum atomic E-state index is 13.8. The van der Waals surface area contributed by atoms with Crippen LogP contribution >= 0.6 is 0 Å². The van der Waals surface area contributed by atoms with Gasteiger partial charge in [0.2, 0.25) is 0 Å². The molecule has 1 unspecified atom stereocenters. The molecule has 0 aromatic heterocycles. The Kier molecular flexibility index (Phi) is 7.36. The third-order valence-corrected chi connectivity index (χ3v) is 6.71. The number of benzene rings is 1. The summed E-state index contributed by atoms with van der Waals surface area (Å²) in [5, 5.41) is 0. The van der Waals surface area contributed by atoms with Gasteiger partial charge in [0.1, 0.15) is 28.7 Å². The largest absolute Gasteiger partial charge is 0.496 e. The van der Waals surface area contributed by atoms with Gasteiger partial charge in [-0.05, 0) is 49.1 Å². The fourth-order valence-corrected chi connectivity index (χ4v) is 5.10. The molecule has 31 heavy (non-hydrogen) atoms. The summed E-state index contributed by atoms with van der Waals surface area (Å²) in [6.07, 6.45) is -1.73. The first-order chi connectivity index (χ1) is 14.6. The second-order valence-electron chi connectivity index (χ2n) is 8.78. The molecule has 0 radical (unpaired) electrons. The summed E-state index contributed by atoms with van der Waals surface area (Å²) in [4.78, 5) is 0. The molecule has 1 aromatic carbocycles. The molecule has 8 heteroatoms. The predicted octanol–water partition coefficient (Wildman–Crippen LogP) is 7.81. The summed E-state index contributed by atoms with van der Waals surface area (Å²) in [7, 11) is 0.947. The van der Waals surface area contributed by atoms with Crippen molar-refractivity contribution in [3.63, 3.8) is 0 Å². The van der Waals surface area contributed by atoms with E-state index in [0.29, 0.717) is 12.3 Å². The van der Waals surface area contributed by atoms with Crippen molar-refractivity contribution in [2.45, 2.75) is 89.6 Å². The second-order valence-corrected chi connectivity index (χ2v) is 8.78. The van der Waals surface area contributed by atoms with Crippen molar-refractivity contribution in [2.24, 2.45) is 11.8 Å². The van der Waals surface area contributed by atoms with E-state index >= 15 is 0 Å². The minimum Gasteiger partial charge on any atom is -0.496 e. The van der Waals surface area contributed by atoms with Gasteiger partial charge >= 0.3 is 12.4 Å². The molecule has 1 aromatic rings. The second kappa shape index (κ2) is 9.49. The maximum absolute atomic E-state index is 13.8. The average Bonchev–Trinajstić information content (AvgIpc) is 2.71. The molecule has 1 aliphatic carbocycles. The highest BCUT2D eigenvalue weighted by Gasteiger charge is 2.50. The number of halogens is 6. The number of hydrogen-bond donors (Lipinski definition) is 0. The van der Waals surface area contributed by atoms with Crippen LogP contribution in [-0.4, -0.2) is 13.2 Å². The summed E-state index contributed by atoms with van der Waals surface area (Å²) < 4.78 is 92.6. The molecule has 2 aliphatic rings. The zero-order valence-corrected chi connectivity index (χ0v) is 18.0. The Bertz CT molecular complexity index is 748. The Hall–Kier alpha value is -1.60. The lowest BCUT2D eigenvalue weighted by atomic mass is 9.76. The zero-order valence-electron chi connectivity index (χ0n) is 18.0. The molecular formula is C23H30F6O2. The normalized spacial score (nSPS) is 24.5. The van der Waals surface area contributed by atoms with Crippen LogP contribution in [0.5, 0.6) is 11.5 Å². The number of fused-ring (bicyclic) bond motifs is 1. The van der Waals surface area contributed by atoms with Gasteiger partial charge in [0.25, 0.3) is 0 Å². The summed E-state index contributed by atoms with van der Waals surface area (Å²) >= 11 is 0. The minimum atomic E-state index is -5.21. The highest BCUT2D eigenvalue weighted by Crippen LogP contribution is 2.52. The number of aryl methyl sites for hydroxylation is 1. The lowest BCUT2D eigenvalue weighted by molar-refractivity contribution is -0.164. The molecule has 0 N–H and O–H groups in total. The van der Waals surface area contributed by atoms with Crippen molar-refractivity contribution in [1.29, 1.82) is 0 Å². The molecule has 176 valence electrons. The van der Waals surface area contributed by atoms with E-state index in [-0.39, 0.29) is 17.9 Å². The highest BCUT2D eigenvalue weighted by molar-refractivity contribution is 5.57. The Labute approximate surface area is 179 Å². The van der Waals surface area contributed by atoms with Crippen molar-refractivity contribution in [3.05, 3.63) is 22.8 Å². The van der Waals surface area contributed by atoms with E-state index in [2.05, 4.69) is 6.92 Å². The van der Waals surface area contributed by atoms with Crippen LogP contribution in [0.15, 0.2) is 6.07 Å². The number of ether oxygens (including phenoxy) is 2. The van der Waals surface area contributed by atoms with Gasteiger partial charge in [-0.15, -0.1) is 0 Å². The van der Waals surface area contributed by atoms with Crippen LogP contribution in [-0.2, 0) is 18.8 Å². The fourth-order valence-electron chi connectivity index (χ4n) is 5.10. The van der Waals surface area contributed by atoms with E-state index in [0.717, 1.165) is 45.3 Å². The standard InChI is InChI=1S/C23H30F6O2/c1-3-4-5-6-14-7-9-15(10-8-14)17-12-11-16-13-18(30-2)19(22(24,25)26)20(21(16)31-17)23(27,28)29/h13-15,17H,3-12H2,1-2H3. The smallest absolute Gasteiger partial charge is 0.420 e. The van der Waals surface area contributed by atoms with Crippen molar-refractivity contribution in [1.82, 2.24) is 0 Å². The fraction of sp³-hybridized carbons (Fsp3) is 0.739. The van der Waals surface area contributed by atoms with Crippen LogP contribution in [0.4, 0.5) is 26.3 Å². The number of unbranched alkanes of at least 4 members (excludes halogenated alkanes) is 2. The van der Waals surface area contributed by atoms with Gasteiger partial charge < -0.3 is 9.47 Å². The summed E-state index contributed by atoms with van der Waals surface area (Å²) in [5.74, 6) is -0.770. The van der Waals surface area contributed by atoms with E-state index in [1.807, 2.05) is 0 Å². The van der Waals surface area contributed by atoms with E-state index in [9.17, 15) is 26.3 Å². The number of hydrogen-bond acceptors (Lipinski definition) is 2. The van der Waals surface area contributed by atoms with Gasteiger partial charge in [0, 0.05) is 0 Å². The first-order valence-corrected chi connectivity index (χ1v) is 11.1. The molecular weight excluding hydrogens is 422 g/mol. The van der Waals surface area contributed by atoms with Crippen molar-refractivity contribution in [2.75, 3.05) is 7.11 Å². The third kappa shape index (κ3) is 5.43. The van der Waals surface area contributed by atoms with E-state index < -0.39 is 41.1 Å². The van der Waals surface area contributed by atoms with Gasteiger partial charge in [-0.25, -0.2) is 0 Å². The van der Waals surface area contributed by atoms with Gasteiger partial charge in [0.05, 0.1) is 7.11 Å². The van der Waals surface area contributed by atoms with E-state index in [1.165, 1.54) is 19.3 Å². The lowest BCUT2D eigenvalue weighted by Crippen LogP contribution is -2.35. The highest BCUT2D eigenvalue weighted by atomic mass is 19.4. The lowest BCUT2D eigenvalue weighted by Gasteiger charge is -2.38. The van der Waals surface area contributed by atoms with Crippen molar-refractivity contribution >= 4 is 0 Å². The minimum absolute atomic E-state index is 0.0769. The number of rotatable bonds is 6. The van der Waals surface area contributed by atoms with Gasteiger partial charge in [-0.1, -0.05) is 45.4 Å². The first kappa shape index (κ1) is 24.1. The molecule has 0 bridgehead atoms. The average molecular weight is 452 g/mol. The van der Waals surface area contributed by atoms with Crippen LogP contribution in [0.25, 0.3) is 0 Å². The van der Waals surface area contributed by atoms with Crippen molar-refractivity contribution < 1.29 is 35.8 Å². The third-order valence-electron chi connectivity index (χ3n) is 6.71. The Morgan fingerprint density at radius 2 is 1.58 bits per heavy atom. The summed E-state index contributed by atoms with van der Waals surface area (Å²) in [6, 6.07) is 1.05. The van der Waals surface area contributed by atoms with E-state index in [1.54, 1.807) is 0 Å². The quantitative estimate of drug-likeness (QED) is 0.324. The monoisotopic (exact) mass is 452 g/mol. The molecule has 1 atom stereocenters. The van der Waals surface area contributed by atoms with Crippen LogP contribution in [0.2, 0.25) is 0 Å². The number of methoxy groups -OCH3 is 1. The molecule has 1 saturated carbocycles. The summed E-state index contributed by atoms with van der Waals surface area (Å²) in [5.41, 5.74) is -3.43. The van der Waals surface area contributed by atoms with Crippen LogP contribution < -0.4 is 9.47 Å². The molecule has 1 aliphatic heterocycles. The molecule has 0 spiro atoms.